The predicted octanol–water partition coefficient (Wildman–Crippen LogP) is 3.73. The number of hydrogen-bond donors (Lipinski definition) is 2. The molecule has 0 aromatic heterocycles. The molecule has 2 rings (SSSR count). The van der Waals surface area contributed by atoms with Crippen molar-refractivity contribution in [3.05, 3.63) is 59.2 Å². The van der Waals surface area contributed by atoms with Crippen LogP contribution < -0.4 is 0 Å². The van der Waals surface area contributed by atoms with E-state index >= 15 is 0 Å². The largest absolute Gasteiger partial charge is 0.481 e. The van der Waals surface area contributed by atoms with Gasteiger partial charge in [0.15, 0.2) is 0 Å². The molecule has 0 amide bonds. The lowest BCUT2D eigenvalue weighted by Gasteiger charge is -2.09. The van der Waals surface area contributed by atoms with Crippen molar-refractivity contribution in [1.29, 1.82) is 0 Å². The van der Waals surface area contributed by atoms with E-state index in [9.17, 15) is 9.59 Å². The summed E-state index contributed by atoms with van der Waals surface area (Å²) >= 11 is 1.52. The molecule has 0 radical (unpaired) electrons. The van der Waals surface area contributed by atoms with Gasteiger partial charge in [0, 0.05) is 9.79 Å². The fraction of sp³-hybridized carbons (Fsp3) is 0.176. The van der Waals surface area contributed by atoms with E-state index in [1.54, 1.807) is 24.3 Å². The minimum atomic E-state index is -0.942. The van der Waals surface area contributed by atoms with E-state index in [-0.39, 0.29) is 12.0 Å². The van der Waals surface area contributed by atoms with Crippen molar-refractivity contribution in [2.24, 2.45) is 0 Å². The maximum Gasteiger partial charge on any atom is 0.335 e. The molecule has 0 bridgehead atoms. The fourth-order valence-corrected chi connectivity index (χ4v) is 3.01. The second kappa shape index (κ2) is 7.13. The van der Waals surface area contributed by atoms with E-state index in [4.69, 9.17) is 10.2 Å². The second-order valence-corrected chi connectivity index (χ2v) is 5.93. The summed E-state index contributed by atoms with van der Waals surface area (Å²) in [4.78, 5) is 23.6. The number of hydrogen-bond acceptors (Lipinski definition) is 3. The highest BCUT2D eigenvalue weighted by atomic mass is 32.2. The number of aryl methyl sites for hydroxylation is 1. The van der Waals surface area contributed by atoms with Gasteiger partial charge < -0.3 is 10.2 Å². The molecule has 0 spiro atoms. The minimum Gasteiger partial charge on any atom is -0.481 e. The molecular weight excluding hydrogens is 300 g/mol. The number of carboxylic acids is 2. The molecule has 0 saturated heterocycles. The Labute approximate surface area is 132 Å². The Bertz CT molecular complexity index is 692. The van der Waals surface area contributed by atoms with Crippen molar-refractivity contribution in [2.45, 2.75) is 29.6 Å². The fourth-order valence-electron chi connectivity index (χ4n) is 2.13. The Morgan fingerprint density at radius 1 is 0.955 bits per heavy atom. The molecule has 0 aliphatic rings. The van der Waals surface area contributed by atoms with Crippen molar-refractivity contribution in [1.82, 2.24) is 0 Å². The van der Waals surface area contributed by atoms with Gasteiger partial charge in [0.2, 0.25) is 0 Å². The van der Waals surface area contributed by atoms with Crippen LogP contribution in [0.4, 0.5) is 0 Å². The van der Waals surface area contributed by atoms with Gasteiger partial charge in [-0.05, 0) is 53.9 Å². The number of aromatic carboxylic acids is 1. The molecule has 2 N–H and O–H groups in total. The SMILES string of the molecule is CCc1cc(Sc2ccc(C(=O)O)cc2)ccc1CC(=O)O. The molecular formula is C17H16O4S. The molecule has 4 nitrogen and oxygen atoms in total. The topological polar surface area (TPSA) is 74.6 Å². The highest BCUT2D eigenvalue weighted by molar-refractivity contribution is 7.99. The van der Waals surface area contributed by atoms with Gasteiger partial charge in [-0.15, -0.1) is 0 Å². The summed E-state index contributed by atoms with van der Waals surface area (Å²) in [5.41, 5.74) is 2.12. The van der Waals surface area contributed by atoms with E-state index in [1.165, 1.54) is 11.8 Å². The van der Waals surface area contributed by atoms with Gasteiger partial charge in [0.25, 0.3) is 0 Å². The van der Waals surface area contributed by atoms with Gasteiger partial charge in [0.1, 0.15) is 0 Å². The zero-order valence-corrected chi connectivity index (χ0v) is 12.9. The highest BCUT2D eigenvalue weighted by Gasteiger charge is 2.08. The third-order valence-corrected chi connectivity index (χ3v) is 4.23. The van der Waals surface area contributed by atoms with Crippen LogP contribution in [0, 0.1) is 0 Å². The number of rotatable bonds is 6. The van der Waals surface area contributed by atoms with Gasteiger partial charge in [-0.1, -0.05) is 24.8 Å². The quantitative estimate of drug-likeness (QED) is 0.849. The normalized spacial score (nSPS) is 10.4. The van der Waals surface area contributed by atoms with Crippen LogP contribution >= 0.6 is 11.8 Å². The van der Waals surface area contributed by atoms with Crippen LogP contribution in [0.5, 0.6) is 0 Å². The minimum absolute atomic E-state index is 0.0292. The molecule has 0 aliphatic carbocycles. The standard InChI is InChI=1S/C17H16O4S/c1-2-11-9-15(8-5-13(11)10-16(18)19)22-14-6-3-12(4-7-14)17(20)21/h3-9H,2,10H2,1H3,(H,18,19)(H,20,21). The average Bonchev–Trinajstić information content (AvgIpc) is 2.49. The van der Waals surface area contributed by atoms with Crippen molar-refractivity contribution < 1.29 is 19.8 Å². The number of benzene rings is 2. The first-order valence-electron chi connectivity index (χ1n) is 6.84. The lowest BCUT2D eigenvalue weighted by molar-refractivity contribution is -0.136. The number of aliphatic carboxylic acids is 1. The lowest BCUT2D eigenvalue weighted by Crippen LogP contribution is -2.03. The van der Waals surface area contributed by atoms with Crippen LogP contribution in [0.3, 0.4) is 0 Å². The zero-order chi connectivity index (χ0) is 16.1. The van der Waals surface area contributed by atoms with E-state index in [0.29, 0.717) is 0 Å². The molecule has 2 aromatic rings. The molecule has 0 heterocycles. The molecule has 5 heteroatoms. The number of carboxylic acid groups (broad SMARTS) is 2. The van der Waals surface area contributed by atoms with Crippen LogP contribution in [-0.4, -0.2) is 22.2 Å². The first-order valence-corrected chi connectivity index (χ1v) is 7.66. The van der Waals surface area contributed by atoms with Crippen LogP contribution in [0.25, 0.3) is 0 Å². The maximum atomic E-state index is 10.8. The summed E-state index contributed by atoms with van der Waals surface area (Å²) < 4.78 is 0. The third kappa shape index (κ3) is 4.11. The summed E-state index contributed by atoms with van der Waals surface area (Å²) in [6.07, 6.45) is 0.802. The van der Waals surface area contributed by atoms with Crippen LogP contribution in [0.1, 0.15) is 28.4 Å². The zero-order valence-electron chi connectivity index (χ0n) is 12.1. The summed E-state index contributed by atoms with van der Waals surface area (Å²) in [5.74, 6) is -1.78. The van der Waals surface area contributed by atoms with Gasteiger partial charge in [0.05, 0.1) is 12.0 Å². The molecule has 0 atom stereocenters. The first kappa shape index (κ1) is 16.1. The Kier molecular flexibility index (Phi) is 5.22. The Balaban J connectivity index is 2.19. The molecule has 0 aliphatic heterocycles. The van der Waals surface area contributed by atoms with Gasteiger partial charge in [-0.2, -0.15) is 0 Å². The maximum absolute atomic E-state index is 10.8. The van der Waals surface area contributed by atoms with Gasteiger partial charge >= 0.3 is 11.9 Å². The molecule has 0 saturated carbocycles. The molecule has 0 unspecified atom stereocenters. The first-order chi connectivity index (χ1) is 10.5. The van der Waals surface area contributed by atoms with E-state index in [0.717, 1.165) is 27.3 Å². The second-order valence-electron chi connectivity index (χ2n) is 4.79. The lowest BCUT2D eigenvalue weighted by atomic mass is 10.0. The summed E-state index contributed by atoms with van der Waals surface area (Å²) in [7, 11) is 0. The van der Waals surface area contributed by atoms with Crippen molar-refractivity contribution in [3.63, 3.8) is 0 Å². The predicted molar refractivity (Wildman–Crippen MR) is 84.7 cm³/mol. The highest BCUT2D eigenvalue weighted by Crippen LogP contribution is 2.29. The van der Waals surface area contributed by atoms with Crippen LogP contribution in [-0.2, 0) is 17.6 Å². The molecule has 2 aromatic carbocycles. The van der Waals surface area contributed by atoms with Crippen molar-refractivity contribution in [3.8, 4) is 0 Å². The third-order valence-electron chi connectivity index (χ3n) is 3.24. The number of carbonyl (C=O) groups is 2. The molecule has 22 heavy (non-hydrogen) atoms. The monoisotopic (exact) mass is 316 g/mol. The summed E-state index contributed by atoms with van der Waals surface area (Å²) in [6.45, 7) is 2.00. The Morgan fingerprint density at radius 2 is 1.59 bits per heavy atom. The van der Waals surface area contributed by atoms with Crippen molar-refractivity contribution in [2.75, 3.05) is 0 Å². The molecule has 114 valence electrons. The van der Waals surface area contributed by atoms with E-state index in [2.05, 4.69) is 0 Å². The Morgan fingerprint density at radius 3 is 2.14 bits per heavy atom. The van der Waals surface area contributed by atoms with Gasteiger partial charge in [-0.3, -0.25) is 4.79 Å². The van der Waals surface area contributed by atoms with Crippen LogP contribution in [0.2, 0.25) is 0 Å². The van der Waals surface area contributed by atoms with Crippen LogP contribution in [0.15, 0.2) is 52.3 Å². The van der Waals surface area contributed by atoms with E-state index < -0.39 is 11.9 Å². The van der Waals surface area contributed by atoms with Crippen molar-refractivity contribution >= 4 is 23.7 Å². The molecule has 0 fully saturated rings. The smallest absolute Gasteiger partial charge is 0.335 e. The Hall–Kier alpha value is -2.27. The van der Waals surface area contributed by atoms with E-state index in [1.807, 2.05) is 25.1 Å². The van der Waals surface area contributed by atoms with Gasteiger partial charge in [-0.25, -0.2) is 4.79 Å². The summed E-state index contributed by atoms with van der Waals surface area (Å²) in [5, 5.41) is 17.8. The average molecular weight is 316 g/mol. The summed E-state index contributed by atoms with van der Waals surface area (Å²) in [6, 6.07) is 12.4.